The molecule has 7 heteroatoms. The van der Waals surface area contributed by atoms with Gasteiger partial charge < -0.3 is 8.83 Å². The van der Waals surface area contributed by atoms with Crippen LogP contribution in [0.2, 0.25) is 0 Å². The molecule has 1 amide bonds. The zero-order chi connectivity index (χ0) is 14.1. The molecule has 2 heterocycles. The van der Waals surface area contributed by atoms with Gasteiger partial charge in [-0.3, -0.25) is 14.8 Å². The molecule has 20 heavy (non-hydrogen) atoms. The molecule has 3 rings (SSSR count). The van der Waals surface area contributed by atoms with Gasteiger partial charge in [-0.15, -0.1) is 0 Å². The van der Waals surface area contributed by atoms with Crippen molar-refractivity contribution in [3.05, 3.63) is 58.5 Å². The van der Waals surface area contributed by atoms with E-state index in [-0.39, 0.29) is 12.3 Å². The number of para-hydroxylation sites is 2. The Bertz CT molecular complexity index is 827. The highest BCUT2D eigenvalue weighted by atomic mass is 16.4. The molecule has 102 valence electrons. The largest absolute Gasteiger partial charge is 0.459 e. The van der Waals surface area contributed by atoms with Crippen molar-refractivity contribution in [2.24, 2.45) is 5.84 Å². The molecule has 0 fully saturated rings. The van der Waals surface area contributed by atoms with Crippen molar-refractivity contribution in [2.75, 3.05) is 0 Å². The number of rotatable bonds is 3. The van der Waals surface area contributed by atoms with Crippen LogP contribution in [0.25, 0.3) is 11.1 Å². The summed E-state index contributed by atoms with van der Waals surface area (Å²) in [6.07, 6.45) is 1.37. The lowest BCUT2D eigenvalue weighted by molar-refractivity contribution is 0.0924. The van der Waals surface area contributed by atoms with Gasteiger partial charge in [-0.1, -0.05) is 12.1 Å². The Morgan fingerprint density at radius 3 is 2.90 bits per heavy atom. The van der Waals surface area contributed by atoms with E-state index >= 15 is 0 Å². The zero-order valence-corrected chi connectivity index (χ0v) is 10.3. The van der Waals surface area contributed by atoms with Gasteiger partial charge in [-0.05, 0) is 18.2 Å². The van der Waals surface area contributed by atoms with E-state index in [1.54, 1.807) is 30.3 Å². The zero-order valence-electron chi connectivity index (χ0n) is 10.3. The van der Waals surface area contributed by atoms with Crippen LogP contribution >= 0.6 is 0 Å². The van der Waals surface area contributed by atoms with E-state index in [0.717, 1.165) is 0 Å². The summed E-state index contributed by atoms with van der Waals surface area (Å²) >= 11 is 0. The number of nitrogens with two attached hydrogens (primary N) is 1. The van der Waals surface area contributed by atoms with Crippen LogP contribution in [0.1, 0.15) is 16.1 Å². The minimum atomic E-state index is -0.550. The number of furan rings is 1. The van der Waals surface area contributed by atoms with Crippen molar-refractivity contribution in [3.63, 3.8) is 0 Å². The van der Waals surface area contributed by atoms with E-state index in [4.69, 9.17) is 14.7 Å². The number of benzene rings is 1. The molecule has 7 nitrogen and oxygen atoms in total. The standard InChI is InChI=1S/C13H11N3O4/c14-15-12(17)11-8(5-6-19-11)7-16-9-3-1-2-4-10(9)20-13(16)18/h1-6H,7,14H2,(H,15,17). The summed E-state index contributed by atoms with van der Waals surface area (Å²) in [5.74, 6) is 4.11. The summed E-state index contributed by atoms with van der Waals surface area (Å²) in [5.41, 5.74) is 3.68. The first-order valence-corrected chi connectivity index (χ1v) is 5.86. The smallest absolute Gasteiger partial charge is 0.420 e. The van der Waals surface area contributed by atoms with Crippen molar-refractivity contribution in [2.45, 2.75) is 6.54 Å². The van der Waals surface area contributed by atoms with E-state index < -0.39 is 11.7 Å². The molecule has 0 bridgehead atoms. The fourth-order valence-electron chi connectivity index (χ4n) is 2.06. The van der Waals surface area contributed by atoms with Gasteiger partial charge in [-0.2, -0.15) is 0 Å². The lowest BCUT2D eigenvalue weighted by Gasteiger charge is -2.02. The number of nitrogen functional groups attached to an aromatic ring is 1. The number of fused-ring (bicyclic) bond motifs is 1. The number of nitrogens with one attached hydrogen (secondary N) is 1. The van der Waals surface area contributed by atoms with Gasteiger partial charge in [0.15, 0.2) is 11.3 Å². The highest BCUT2D eigenvalue weighted by Crippen LogP contribution is 2.16. The second-order valence-corrected chi connectivity index (χ2v) is 4.17. The van der Waals surface area contributed by atoms with Crippen LogP contribution in [0.4, 0.5) is 0 Å². The first-order chi connectivity index (χ1) is 9.70. The highest BCUT2D eigenvalue weighted by molar-refractivity contribution is 5.92. The molecule has 3 N–H and O–H groups in total. The first-order valence-electron chi connectivity index (χ1n) is 5.86. The lowest BCUT2D eigenvalue weighted by atomic mass is 10.2. The number of carbonyl (C=O) groups is 1. The van der Waals surface area contributed by atoms with Gasteiger partial charge in [-0.25, -0.2) is 10.6 Å². The van der Waals surface area contributed by atoms with Crippen molar-refractivity contribution >= 4 is 17.0 Å². The molecule has 2 aromatic heterocycles. The number of amides is 1. The second-order valence-electron chi connectivity index (χ2n) is 4.17. The molecule has 0 unspecified atom stereocenters. The maximum Gasteiger partial charge on any atom is 0.420 e. The second kappa shape index (κ2) is 4.71. The van der Waals surface area contributed by atoms with Gasteiger partial charge in [0.2, 0.25) is 0 Å². The van der Waals surface area contributed by atoms with Gasteiger partial charge >= 0.3 is 11.7 Å². The minimum absolute atomic E-state index is 0.0738. The molecule has 0 radical (unpaired) electrons. The first kappa shape index (κ1) is 12.2. The Morgan fingerprint density at radius 2 is 2.10 bits per heavy atom. The monoisotopic (exact) mass is 273 g/mol. The Morgan fingerprint density at radius 1 is 1.30 bits per heavy atom. The fourth-order valence-corrected chi connectivity index (χ4v) is 2.06. The Labute approximate surface area is 112 Å². The third-order valence-electron chi connectivity index (χ3n) is 2.99. The molecule has 3 aromatic rings. The van der Waals surface area contributed by atoms with E-state index in [9.17, 15) is 9.59 Å². The van der Waals surface area contributed by atoms with Crippen molar-refractivity contribution in [1.29, 1.82) is 0 Å². The third kappa shape index (κ3) is 1.90. The van der Waals surface area contributed by atoms with E-state index in [2.05, 4.69) is 0 Å². The molecule has 0 aliphatic carbocycles. The van der Waals surface area contributed by atoms with Crippen molar-refractivity contribution in [3.8, 4) is 0 Å². The Balaban J connectivity index is 2.06. The Kier molecular flexibility index (Phi) is 2.88. The van der Waals surface area contributed by atoms with E-state index in [1.165, 1.54) is 10.8 Å². The van der Waals surface area contributed by atoms with Gasteiger partial charge in [0.25, 0.3) is 0 Å². The van der Waals surface area contributed by atoms with Crippen LogP contribution in [-0.4, -0.2) is 10.5 Å². The summed E-state index contributed by atoms with van der Waals surface area (Å²) < 4.78 is 11.6. The molecule has 0 aliphatic rings. The van der Waals surface area contributed by atoms with Gasteiger partial charge in [0, 0.05) is 5.56 Å². The summed E-state index contributed by atoms with van der Waals surface area (Å²) in [5, 5.41) is 0. The number of nitrogens with zero attached hydrogens (tertiary/aromatic N) is 1. The quantitative estimate of drug-likeness (QED) is 0.418. The number of carbonyl (C=O) groups excluding carboxylic acids is 1. The van der Waals surface area contributed by atoms with Gasteiger partial charge in [0.1, 0.15) is 0 Å². The number of hydrogen-bond acceptors (Lipinski definition) is 5. The van der Waals surface area contributed by atoms with Crippen LogP contribution in [-0.2, 0) is 6.54 Å². The SMILES string of the molecule is NNC(=O)c1occc1Cn1c(=O)oc2ccccc21. The Hall–Kier alpha value is -2.80. The average molecular weight is 273 g/mol. The number of hydrazine groups is 1. The predicted molar refractivity (Wildman–Crippen MR) is 69.9 cm³/mol. The van der Waals surface area contributed by atoms with Crippen LogP contribution in [0.5, 0.6) is 0 Å². The molecular formula is C13H11N3O4. The maximum absolute atomic E-state index is 11.9. The molecule has 0 aliphatic heterocycles. The van der Waals surface area contributed by atoms with Crippen LogP contribution in [0.3, 0.4) is 0 Å². The molecular weight excluding hydrogens is 262 g/mol. The summed E-state index contributed by atoms with van der Waals surface area (Å²) in [6.45, 7) is 0.162. The minimum Gasteiger partial charge on any atom is -0.459 e. The fraction of sp³-hybridized carbons (Fsp3) is 0.0769. The van der Waals surface area contributed by atoms with Crippen LogP contribution < -0.4 is 17.0 Å². The molecule has 0 atom stereocenters. The maximum atomic E-state index is 11.9. The molecule has 0 saturated heterocycles. The number of oxazole rings is 1. The average Bonchev–Trinajstić information content (AvgIpc) is 3.04. The summed E-state index contributed by atoms with van der Waals surface area (Å²) in [6, 6.07) is 8.66. The normalized spacial score (nSPS) is 10.8. The molecule has 0 saturated carbocycles. The van der Waals surface area contributed by atoms with Crippen LogP contribution in [0.15, 0.2) is 50.2 Å². The number of aromatic nitrogens is 1. The van der Waals surface area contributed by atoms with Crippen LogP contribution in [0, 0.1) is 0 Å². The summed E-state index contributed by atoms with van der Waals surface area (Å²) in [4.78, 5) is 23.4. The molecule has 1 aromatic carbocycles. The van der Waals surface area contributed by atoms with E-state index in [0.29, 0.717) is 16.7 Å². The van der Waals surface area contributed by atoms with Crippen molar-refractivity contribution in [1.82, 2.24) is 9.99 Å². The predicted octanol–water partition coefficient (Wildman–Crippen LogP) is 0.839. The van der Waals surface area contributed by atoms with E-state index in [1.807, 2.05) is 5.43 Å². The topological polar surface area (TPSA) is 103 Å². The molecule has 0 spiro atoms. The van der Waals surface area contributed by atoms with Gasteiger partial charge in [0.05, 0.1) is 18.3 Å². The summed E-state index contributed by atoms with van der Waals surface area (Å²) in [7, 11) is 0. The van der Waals surface area contributed by atoms with Crippen molar-refractivity contribution < 1.29 is 13.6 Å². The third-order valence-corrected chi connectivity index (χ3v) is 2.99. The number of hydrogen-bond donors (Lipinski definition) is 2. The lowest BCUT2D eigenvalue weighted by Crippen LogP contribution is -2.30. The highest BCUT2D eigenvalue weighted by Gasteiger charge is 2.17.